The maximum Gasteiger partial charge on any atom is 0.120 e. The molecule has 1 saturated heterocycles. The van der Waals surface area contributed by atoms with E-state index in [4.69, 9.17) is 4.74 Å². The molecule has 2 aliphatic rings. The van der Waals surface area contributed by atoms with Gasteiger partial charge < -0.3 is 10.1 Å². The Hall–Kier alpha value is -1.00. The first-order chi connectivity index (χ1) is 10.0. The molecule has 0 aliphatic carbocycles. The molecule has 0 spiro atoms. The predicted octanol–water partition coefficient (Wildman–Crippen LogP) is 4.21. The van der Waals surface area contributed by atoms with E-state index in [0.717, 1.165) is 23.3 Å². The minimum absolute atomic E-state index is 0.0177. The highest BCUT2D eigenvalue weighted by molar-refractivity contribution is 9.10. The molecule has 0 saturated carbocycles. The van der Waals surface area contributed by atoms with Gasteiger partial charge in [0.2, 0.25) is 0 Å². The number of anilines is 1. The first kappa shape index (κ1) is 14.9. The van der Waals surface area contributed by atoms with E-state index in [1.807, 2.05) is 6.07 Å². The third-order valence-electron chi connectivity index (χ3n) is 4.94. The van der Waals surface area contributed by atoms with Crippen LogP contribution in [0.3, 0.4) is 0 Å². The number of ether oxygens (including phenoxy) is 1. The molecule has 1 N–H and O–H groups in total. The van der Waals surface area contributed by atoms with E-state index in [2.05, 4.69) is 65.1 Å². The monoisotopic (exact) mass is 350 g/mol. The molecule has 1 fully saturated rings. The molecule has 2 aliphatic heterocycles. The van der Waals surface area contributed by atoms with Crippen LogP contribution in [0.25, 0.3) is 0 Å². The summed E-state index contributed by atoms with van der Waals surface area (Å²) in [6.07, 6.45) is 4.36. The number of hydrogen-bond donors (Lipinski definition) is 1. The molecule has 1 unspecified atom stereocenters. The Morgan fingerprint density at radius 1 is 1.52 bits per heavy atom. The van der Waals surface area contributed by atoms with Crippen LogP contribution in [0.4, 0.5) is 5.69 Å². The third-order valence-corrected chi connectivity index (χ3v) is 5.57. The van der Waals surface area contributed by atoms with Gasteiger partial charge in [-0.05, 0) is 53.4 Å². The van der Waals surface area contributed by atoms with Crippen molar-refractivity contribution < 1.29 is 4.74 Å². The van der Waals surface area contributed by atoms with Crippen molar-refractivity contribution in [3.8, 4) is 5.75 Å². The molecule has 1 aromatic carbocycles. The Labute approximate surface area is 135 Å². The molecule has 3 atom stereocenters. The fraction of sp³-hybridized carbons (Fsp3) is 0.529. The summed E-state index contributed by atoms with van der Waals surface area (Å²) in [4.78, 5) is 2.54. The second-order valence-corrected chi connectivity index (χ2v) is 7.13. The minimum atomic E-state index is -0.0177. The van der Waals surface area contributed by atoms with Gasteiger partial charge in [0.25, 0.3) is 0 Å². The first-order valence-corrected chi connectivity index (χ1v) is 8.32. The van der Waals surface area contributed by atoms with Crippen LogP contribution in [-0.2, 0) is 0 Å². The molecule has 114 valence electrons. The molecule has 0 aromatic heterocycles. The van der Waals surface area contributed by atoms with E-state index in [1.165, 1.54) is 11.3 Å². The Bertz CT molecular complexity index is 586. The molecule has 4 heteroatoms. The summed E-state index contributed by atoms with van der Waals surface area (Å²) in [7, 11) is 1.73. The fourth-order valence-electron chi connectivity index (χ4n) is 4.01. The van der Waals surface area contributed by atoms with Gasteiger partial charge >= 0.3 is 0 Å². The molecule has 21 heavy (non-hydrogen) atoms. The number of fused-ring (bicyclic) bond motifs is 3. The van der Waals surface area contributed by atoms with Gasteiger partial charge in [0.1, 0.15) is 5.75 Å². The van der Waals surface area contributed by atoms with Crippen molar-refractivity contribution in [2.45, 2.75) is 32.4 Å². The zero-order valence-corrected chi connectivity index (χ0v) is 14.7. The van der Waals surface area contributed by atoms with Gasteiger partial charge in [0, 0.05) is 23.5 Å². The van der Waals surface area contributed by atoms with E-state index in [1.54, 1.807) is 7.11 Å². The van der Waals surface area contributed by atoms with Crippen molar-refractivity contribution in [1.29, 1.82) is 0 Å². The molecule has 3 nitrogen and oxygen atoms in total. The summed E-state index contributed by atoms with van der Waals surface area (Å²) in [5.41, 5.74) is 2.58. The number of allylic oxidation sites excluding steroid dienone is 1. The van der Waals surface area contributed by atoms with E-state index in [0.29, 0.717) is 11.8 Å². The van der Waals surface area contributed by atoms with Crippen LogP contribution in [0.1, 0.15) is 32.3 Å². The van der Waals surface area contributed by atoms with Crippen molar-refractivity contribution in [2.24, 2.45) is 5.92 Å². The molecule has 2 heterocycles. The van der Waals surface area contributed by atoms with Crippen LogP contribution in [0.2, 0.25) is 0 Å². The second kappa shape index (κ2) is 5.33. The van der Waals surface area contributed by atoms with Gasteiger partial charge in [0.15, 0.2) is 0 Å². The second-order valence-electron chi connectivity index (χ2n) is 6.27. The Morgan fingerprint density at radius 2 is 2.29 bits per heavy atom. The highest BCUT2D eigenvalue weighted by Crippen LogP contribution is 2.55. The van der Waals surface area contributed by atoms with Gasteiger partial charge in [-0.1, -0.05) is 19.1 Å². The van der Waals surface area contributed by atoms with Crippen molar-refractivity contribution in [3.05, 3.63) is 34.3 Å². The SMILES string of the molecule is C/C=C/CN1CC(C)[C@H]2c3cc(OC)cc(Br)c3N[C@]21C. The minimum Gasteiger partial charge on any atom is -0.497 e. The third kappa shape index (κ3) is 2.20. The predicted molar refractivity (Wildman–Crippen MR) is 91.0 cm³/mol. The average Bonchev–Trinajstić information content (AvgIpc) is 2.88. The summed E-state index contributed by atoms with van der Waals surface area (Å²) in [5.74, 6) is 2.03. The number of likely N-dealkylation sites (tertiary alicyclic amines) is 1. The molecule has 3 rings (SSSR count). The van der Waals surface area contributed by atoms with Crippen molar-refractivity contribution in [3.63, 3.8) is 0 Å². The number of methoxy groups -OCH3 is 1. The smallest absolute Gasteiger partial charge is 0.120 e. The summed E-state index contributed by atoms with van der Waals surface area (Å²) in [5, 5.41) is 3.77. The van der Waals surface area contributed by atoms with Crippen LogP contribution < -0.4 is 10.1 Å². The number of nitrogens with one attached hydrogen (secondary N) is 1. The maximum absolute atomic E-state index is 5.45. The van der Waals surface area contributed by atoms with Crippen molar-refractivity contribution >= 4 is 21.6 Å². The number of rotatable bonds is 3. The lowest BCUT2D eigenvalue weighted by molar-refractivity contribution is 0.197. The van der Waals surface area contributed by atoms with Gasteiger partial charge in [0.05, 0.1) is 18.5 Å². The van der Waals surface area contributed by atoms with E-state index < -0.39 is 0 Å². The summed E-state index contributed by atoms with van der Waals surface area (Å²) >= 11 is 3.69. The largest absolute Gasteiger partial charge is 0.497 e. The average molecular weight is 351 g/mol. The number of nitrogens with zero attached hydrogens (tertiary/aromatic N) is 1. The molecule has 0 bridgehead atoms. The zero-order valence-electron chi connectivity index (χ0n) is 13.1. The molecule has 0 radical (unpaired) electrons. The number of hydrogen-bond acceptors (Lipinski definition) is 3. The molecular weight excluding hydrogens is 328 g/mol. The van der Waals surface area contributed by atoms with Crippen LogP contribution in [0, 0.1) is 5.92 Å². The van der Waals surface area contributed by atoms with Gasteiger partial charge in [-0.2, -0.15) is 0 Å². The highest BCUT2D eigenvalue weighted by atomic mass is 79.9. The first-order valence-electron chi connectivity index (χ1n) is 7.53. The fourth-order valence-corrected chi connectivity index (χ4v) is 4.56. The van der Waals surface area contributed by atoms with Crippen LogP contribution in [0.5, 0.6) is 5.75 Å². The standard InChI is InChI=1S/C17H23BrN2O/c1-5-6-7-20-10-11(2)15-13-8-12(21-4)9-14(18)16(13)19-17(15,20)3/h5-6,8-9,11,15,19H,7,10H2,1-4H3/b6-5+/t11?,15-,17-/m0/s1. The lowest BCUT2D eigenvalue weighted by Gasteiger charge is -2.35. The van der Waals surface area contributed by atoms with Crippen molar-refractivity contribution in [2.75, 3.05) is 25.5 Å². The molecule has 0 amide bonds. The van der Waals surface area contributed by atoms with E-state index in [-0.39, 0.29) is 5.66 Å². The van der Waals surface area contributed by atoms with Crippen LogP contribution >= 0.6 is 15.9 Å². The molecule has 1 aromatic rings. The van der Waals surface area contributed by atoms with Crippen LogP contribution in [0.15, 0.2) is 28.8 Å². The van der Waals surface area contributed by atoms with Gasteiger partial charge in [-0.25, -0.2) is 0 Å². The topological polar surface area (TPSA) is 24.5 Å². The maximum atomic E-state index is 5.45. The number of benzene rings is 1. The Morgan fingerprint density at radius 3 is 2.95 bits per heavy atom. The normalized spacial score (nSPS) is 31.3. The lowest BCUT2D eigenvalue weighted by Crippen LogP contribution is -2.48. The van der Waals surface area contributed by atoms with Crippen LogP contribution in [-0.4, -0.2) is 30.8 Å². The van der Waals surface area contributed by atoms with E-state index >= 15 is 0 Å². The van der Waals surface area contributed by atoms with Crippen molar-refractivity contribution in [1.82, 2.24) is 4.90 Å². The Kier molecular flexibility index (Phi) is 3.78. The van der Waals surface area contributed by atoms with Gasteiger partial charge in [-0.3, -0.25) is 4.90 Å². The summed E-state index contributed by atoms with van der Waals surface area (Å²) < 4.78 is 6.53. The summed E-state index contributed by atoms with van der Waals surface area (Å²) in [6.45, 7) is 8.86. The Balaban J connectivity index is 2.03. The zero-order chi connectivity index (χ0) is 15.2. The quantitative estimate of drug-likeness (QED) is 0.826. The van der Waals surface area contributed by atoms with Gasteiger partial charge in [-0.15, -0.1) is 0 Å². The molecular formula is C17H23BrN2O. The van der Waals surface area contributed by atoms with E-state index in [9.17, 15) is 0 Å². The summed E-state index contributed by atoms with van der Waals surface area (Å²) in [6, 6.07) is 4.23. The number of halogens is 1. The highest BCUT2D eigenvalue weighted by Gasteiger charge is 2.54. The lowest BCUT2D eigenvalue weighted by atomic mass is 9.85.